The van der Waals surface area contributed by atoms with Crippen LogP contribution in [0.15, 0.2) is 41.8 Å². The average Bonchev–Trinajstić information content (AvgIpc) is 3.28. The van der Waals surface area contributed by atoms with E-state index in [1.165, 1.54) is 10.4 Å². The van der Waals surface area contributed by atoms with Crippen LogP contribution in [0.3, 0.4) is 0 Å². The third-order valence-corrected chi connectivity index (χ3v) is 7.46. The number of benzene rings is 1. The minimum absolute atomic E-state index is 0.146. The fourth-order valence-electron chi connectivity index (χ4n) is 4.71. The molecule has 2 saturated heterocycles. The van der Waals surface area contributed by atoms with Crippen molar-refractivity contribution in [2.24, 2.45) is 0 Å². The molecule has 2 aliphatic rings. The molecule has 0 bridgehead atoms. The minimum atomic E-state index is -0.469. The van der Waals surface area contributed by atoms with E-state index in [9.17, 15) is 9.59 Å². The van der Waals surface area contributed by atoms with E-state index in [4.69, 9.17) is 4.74 Å². The third kappa shape index (κ3) is 5.34. The van der Waals surface area contributed by atoms with Crippen LogP contribution in [-0.2, 0) is 4.74 Å². The maximum atomic E-state index is 13.4. The van der Waals surface area contributed by atoms with Gasteiger partial charge in [-0.15, -0.1) is 11.3 Å². The topological polar surface area (TPSA) is 49.9 Å². The number of rotatable bonds is 3. The summed E-state index contributed by atoms with van der Waals surface area (Å²) in [5.41, 5.74) is 1.57. The molecule has 0 N–H and O–H groups in total. The van der Waals surface area contributed by atoms with Crippen LogP contribution < -0.4 is 0 Å². The smallest absolute Gasteiger partial charge is 0.410 e. The van der Waals surface area contributed by atoms with Crippen LogP contribution in [0.5, 0.6) is 0 Å². The van der Waals surface area contributed by atoms with Gasteiger partial charge in [0.2, 0.25) is 0 Å². The molecule has 2 aliphatic heterocycles. The highest BCUT2D eigenvalue weighted by Crippen LogP contribution is 2.36. The zero-order valence-corrected chi connectivity index (χ0v) is 20.2. The van der Waals surface area contributed by atoms with E-state index in [1.807, 2.05) is 32.2 Å². The monoisotopic (exact) mass is 454 g/mol. The van der Waals surface area contributed by atoms with Crippen molar-refractivity contribution in [3.63, 3.8) is 0 Å². The van der Waals surface area contributed by atoms with Gasteiger partial charge in [0, 0.05) is 29.9 Å². The maximum Gasteiger partial charge on any atom is 0.410 e. The minimum Gasteiger partial charge on any atom is -0.444 e. The number of hydrogen-bond donors (Lipinski definition) is 0. The molecule has 2 aromatic rings. The Labute approximate surface area is 195 Å². The molecule has 2 fully saturated rings. The number of carbonyl (C=O) groups is 2. The van der Waals surface area contributed by atoms with Gasteiger partial charge in [-0.05, 0) is 70.4 Å². The average molecular weight is 455 g/mol. The van der Waals surface area contributed by atoms with Crippen molar-refractivity contribution in [3.8, 4) is 0 Å². The van der Waals surface area contributed by atoms with Gasteiger partial charge < -0.3 is 14.5 Å². The molecule has 0 radical (unpaired) electrons. The molecular formula is C26H34N2O3S. The van der Waals surface area contributed by atoms with Crippen LogP contribution in [0, 0.1) is 0 Å². The number of piperidine rings is 2. The van der Waals surface area contributed by atoms with Crippen molar-refractivity contribution < 1.29 is 14.3 Å². The Bertz CT molecular complexity index is 926. The van der Waals surface area contributed by atoms with E-state index >= 15 is 0 Å². The summed E-state index contributed by atoms with van der Waals surface area (Å²) in [7, 11) is 0. The Morgan fingerprint density at radius 1 is 1.00 bits per heavy atom. The van der Waals surface area contributed by atoms with E-state index < -0.39 is 5.60 Å². The van der Waals surface area contributed by atoms with Crippen molar-refractivity contribution in [3.05, 3.63) is 57.8 Å². The van der Waals surface area contributed by atoms with Gasteiger partial charge in [-0.3, -0.25) is 4.79 Å². The number of carbonyl (C=O) groups excluding carboxylic acids is 2. The summed E-state index contributed by atoms with van der Waals surface area (Å²) in [5.74, 6) is 0.541. The van der Waals surface area contributed by atoms with Gasteiger partial charge in [-0.1, -0.05) is 30.3 Å². The molecule has 1 aromatic heterocycles. The fraction of sp³-hybridized carbons (Fsp3) is 0.538. The van der Waals surface area contributed by atoms with Gasteiger partial charge in [0.1, 0.15) is 5.60 Å². The number of likely N-dealkylation sites (tertiary alicyclic amines) is 2. The molecule has 1 unspecified atom stereocenters. The summed E-state index contributed by atoms with van der Waals surface area (Å²) in [4.78, 5) is 30.9. The lowest BCUT2D eigenvalue weighted by atomic mass is 9.93. The van der Waals surface area contributed by atoms with Gasteiger partial charge in [0.25, 0.3) is 5.91 Å². The second-order valence-corrected chi connectivity index (χ2v) is 10.8. The summed E-state index contributed by atoms with van der Waals surface area (Å²) in [5, 5.41) is 2.02. The van der Waals surface area contributed by atoms with Gasteiger partial charge in [0.15, 0.2) is 0 Å². The molecular weight excluding hydrogens is 420 g/mol. The van der Waals surface area contributed by atoms with Gasteiger partial charge in [-0.25, -0.2) is 4.79 Å². The second kappa shape index (κ2) is 9.65. The van der Waals surface area contributed by atoms with E-state index in [1.54, 1.807) is 16.2 Å². The van der Waals surface area contributed by atoms with Crippen molar-refractivity contribution in [2.45, 2.75) is 70.4 Å². The van der Waals surface area contributed by atoms with E-state index in [2.05, 4.69) is 35.2 Å². The van der Waals surface area contributed by atoms with Crippen molar-refractivity contribution in [1.82, 2.24) is 9.80 Å². The molecule has 1 aromatic carbocycles. The molecule has 4 rings (SSSR count). The van der Waals surface area contributed by atoms with Crippen LogP contribution >= 0.6 is 11.3 Å². The Hall–Kier alpha value is -2.34. The maximum absolute atomic E-state index is 13.4. The molecule has 3 heterocycles. The molecule has 0 spiro atoms. The first-order chi connectivity index (χ1) is 15.3. The van der Waals surface area contributed by atoms with Crippen LogP contribution in [0.25, 0.3) is 0 Å². The third-order valence-electron chi connectivity index (χ3n) is 6.36. The van der Waals surface area contributed by atoms with E-state index in [0.29, 0.717) is 19.0 Å². The Balaban J connectivity index is 1.39. The zero-order chi connectivity index (χ0) is 22.7. The Kier molecular flexibility index (Phi) is 6.89. The van der Waals surface area contributed by atoms with Gasteiger partial charge in [-0.2, -0.15) is 0 Å². The van der Waals surface area contributed by atoms with Gasteiger partial charge >= 0.3 is 6.09 Å². The normalized spacial score (nSPS) is 20.3. The summed E-state index contributed by atoms with van der Waals surface area (Å²) < 4.78 is 5.51. The number of thiophene rings is 1. The first kappa shape index (κ1) is 22.8. The summed E-state index contributed by atoms with van der Waals surface area (Å²) in [6.07, 6.45) is 4.84. The van der Waals surface area contributed by atoms with E-state index in [-0.39, 0.29) is 18.0 Å². The lowest BCUT2D eigenvalue weighted by molar-refractivity contribution is 0.0205. The van der Waals surface area contributed by atoms with Crippen LogP contribution in [-0.4, -0.2) is 47.0 Å². The molecule has 172 valence electrons. The quantitative estimate of drug-likeness (QED) is 0.552. The predicted molar refractivity (Wildman–Crippen MR) is 128 cm³/mol. The zero-order valence-electron chi connectivity index (χ0n) is 19.4. The first-order valence-corrected chi connectivity index (χ1v) is 12.6. The summed E-state index contributed by atoms with van der Waals surface area (Å²) >= 11 is 1.68. The molecule has 0 saturated carbocycles. The Morgan fingerprint density at radius 3 is 2.41 bits per heavy atom. The molecule has 1 atom stereocenters. The van der Waals surface area contributed by atoms with E-state index in [0.717, 1.165) is 44.2 Å². The number of hydrogen-bond acceptors (Lipinski definition) is 4. The summed E-state index contributed by atoms with van der Waals surface area (Å²) in [6, 6.07) is 12.7. The molecule has 2 amide bonds. The highest BCUT2D eigenvalue weighted by Gasteiger charge is 2.31. The number of amides is 2. The van der Waals surface area contributed by atoms with Crippen LogP contribution in [0.2, 0.25) is 0 Å². The SMILES string of the molecule is CC(C)(C)OC(=O)N1CCC(c2cc(C(=O)N3CCCCC3c3ccccc3)cs2)CC1. The molecule has 32 heavy (non-hydrogen) atoms. The van der Waals surface area contributed by atoms with Crippen LogP contribution in [0.1, 0.15) is 85.6 Å². The van der Waals surface area contributed by atoms with Crippen molar-refractivity contribution in [2.75, 3.05) is 19.6 Å². The van der Waals surface area contributed by atoms with Crippen molar-refractivity contribution >= 4 is 23.3 Å². The Morgan fingerprint density at radius 2 is 1.72 bits per heavy atom. The molecule has 5 nitrogen and oxygen atoms in total. The summed E-state index contributed by atoms with van der Waals surface area (Å²) in [6.45, 7) is 7.90. The predicted octanol–water partition coefficient (Wildman–Crippen LogP) is 6.23. The second-order valence-electron chi connectivity index (χ2n) is 9.90. The first-order valence-electron chi connectivity index (χ1n) is 11.7. The highest BCUT2D eigenvalue weighted by molar-refractivity contribution is 7.10. The van der Waals surface area contributed by atoms with Crippen molar-refractivity contribution in [1.29, 1.82) is 0 Å². The standard InChI is InChI=1S/C26H34N2O3S/c1-26(2,3)31-25(30)27-15-12-20(13-16-27)23-17-21(18-32-23)24(29)28-14-8-7-11-22(28)19-9-5-4-6-10-19/h4-6,9-10,17-18,20,22H,7-8,11-16H2,1-3H3. The van der Waals surface area contributed by atoms with Gasteiger partial charge in [0.05, 0.1) is 11.6 Å². The number of nitrogens with zero attached hydrogens (tertiary/aromatic N) is 2. The lowest BCUT2D eigenvalue weighted by Gasteiger charge is -2.36. The highest BCUT2D eigenvalue weighted by atomic mass is 32.1. The molecule has 0 aliphatic carbocycles. The molecule has 6 heteroatoms. The largest absolute Gasteiger partial charge is 0.444 e. The fourth-order valence-corrected chi connectivity index (χ4v) is 5.77. The lowest BCUT2D eigenvalue weighted by Crippen LogP contribution is -2.41. The number of ether oxygens (including phenoxy) is 1. The van der Waals surface area contributed by atoms with Crippen LogP contribution in [0.4, 0.5) is 4.79 Å².